The summed E-state index contributed by atoms with van der Waals surface area (Å²) >= 11 is 6.02. The predicted molar refractivity (Wildman–Crippen MR) is 107 cm³/mol. The van der Waals surface area contributed by atoms with Crippen LogP contribution in [0.25, 0.3) is 23.0 Å². The fourth-order valence-electron chi connectivity index (χ4n) is 2.61. The Bertz CT molecular complexity index is 1270. The average molecular weight is 426 g/mol. The SMILES string of the molecule is O=C(Cn1nc(-c2nc(-c3ccc(F)cc3)no2)ccc1=O)Nc1ccccc1Cl. The highest BCUT2D eigenvalue weighted by molar-refractivity contribution is 6.33. The first-order valence-electron chi connectivity index (χ1n) is 8.72. The molecule has 0 fully saturated rings. The van der Waals surface area contributed by atoms with Gasteiger partial charge in [-0.05, 0) is 42.5 Å². The number of amides is 1. The van der Waals surface area contributed by atoms with E-state index in [2.05, 4.69) is 20.6 Å². The van der Waals surface area contributed by atoms with Crippen LogP contribution in [0, 0.1) is 5.82 Å². The fourth-order valence-corrected chi connectivity index (χ4v) is 2.79. The molecule has 0 aliphatic carbocycles. The summed E-state index contributed by atoms with van der Waals surface area (Å²) in [7, 11) is 0. The summed E-state index contributed by atoms with van der Waals surface area (Å²) in [5.74, 6) is -0.575. The molecule has 1 amide bonds. The lowest BCUT2D eigenvalue weighted by Crippen LogP contribution is -2.29. The third-order valence-corrected chi connectivity index (χ3v) is 4.39. The largest absolute Gasteiger partial charge is 0.332 e. The van der Waals surface area contributed by atoms with E-state index in [1.54, 1.807) is 24.3 Å². The molecule has 0 radical (unpaired) electrons. The molecule has 4 aromatic rings. The number of halogens is 2. The maximum absolute atomic E-state index is 13.1. The maximum Gasteiger partial charge on any atom is 0.278 e. The minimum Gasteiger partial charge on any atom is -0.332 e. The third kappa shape index (κ3) is 4.26. The number of nitrogens with one attached hydrogen (secondary N) is 1. The van der Waals surface area contributed by atoms with Crippen LogP contribution in [0.4, 0.5) is 10.1 Å². The van der Waals surface area contributed by atoms with Crippen LogP contribution in [0.3, 0.4) is 0 Å². The normalized spacial score (nSPS) is 10.7. The number of benzene rings is 2. The highest BCUT2D eigenvalue weighted by Crippen LogP contribution is 2.21. The molecule has 4 rings (SSSR count). The molecule has 0 atom stereocenters. The van der Waals surface area contributed by atoms with Crippen molar-refractivity contribution in [2.75, 3.05) is 5.32 Å². The number of anilines is 1. The molecule has 30 heavy (non-hydrogen) atoms. The van der Waals surface area contributed by atoms with Gasteiger partial charge >= 0.3 is 0 Å². The Hall–Kier alpha value is -3.85. The van der Waals surface area contributed by atoms with Crippen LogP contribution in [0.5, 0.6) is 0 Å². The van der Waals surface area contributed by atoms with Gasteiger partial charge in [-0.1, -0.05) is 28.9 Å². The second kappa shape index (κ2) is 8.26. The van der Waals surface area contributed by atoms with E-state index in [9.17, 15) is 14.0 Å². The zero-order valence-corrected chi connectivity index (χ0v) is 16.0. The number of carbonyl (C=O) groups excluding carboxylic acids is 1. The van der Waals surface area contributed by atoms with Crippen molar-refractivity contribution in [3.8, 4) is 23.0 Å². The summed E-state index contributed by atoms with van der Waals surface area (Å²) < 4.78 is 19.2. The minimum atomic E-state index is -0.480. The molecular formula is C20H13ClFN5O3. The Kier molecular flexibility index (Phi) is 5.36. The fraction of sp³-hybridized carbons (Fsp3) is 0.0500. The number of nitrogens with zero attached hydrogens (tertiary/aromatic N) is 4. The van der Waals surface area contributed by atoms with Crippen LogP contribution in [-0.4, -0.2) is 25.8 Å². The summed E-state index contributed by atoms with van der Waals surface area (Å²) in [6, 6.07) is 15.0. The van der Waals surface area contributed by atoms with E-state index in [1.807, 2.05) is 0 Å². The van der Waals surface area contributed by atoms with Gasteiger partial charge in [0.15, 0.2) is 0 Å². The molecule has 8 nitrogen and oxygen atoms in total. The topological polar surface area (TPSA) is 103 Å². The highest BCUT2D eigenvalue weighted by Gasteiger charge is 2.15. The highest BCUT2D eigenvalue weighted by atomic mass is 35.5. The Balaban J connectivity index is 1.55. The van der Waals surface area contributed by atoms with E-state index >= 15 is 0 Å². The zero-order valence-electron chi connectivity index (χ0n) is 15.3. The summed E-state index contributed by atoms with van der Waals surface area (Å²) in [6.45, 7) is -0.336. The lowest BCUT2D eigenvalue weighted by Gasteiger charge is -2.08. The first kappa shape index (κ1) is 19.5. The lowest BCUT2D eigenvalue weighted by atomic mass is 10.2. The summed E-state index contributed by atoms with van der Waals surface area (Å²) in [6.07, 6.45) is 0. The molecule has 0 bridgehead atoms. The number of para-hydroxylation sites is 1. The van der Waals surface area contributed by atoms with E-state index in [0.29, 0.717) is 16.3 Å². The van der Waals surface area contributed by atoms with Gasteiger partial charge in [0.1, 0.15) is 18.1 Å². The molecule has 150 valence electrons. The van der Waals surface area contributed by atoms with Gasteiger partial charge in [-0.2, -0.15) is 10.1 Å². The van der Waals surface area contributed by atoms with Crippen molar-refractivity contribution in [3.63, 3.8) is 0 Å². The van der Waals surface area contributed by atoms with Crippen molar-refractivity contribution in [1.82, 2.24) is 19.9 Å². The van der Waals surface area contributed by atoms with Crippen molar-refractivity contribution < 1.29 is 13.7 Å². The van der Waals surface area contributed by atoms with Crippen molar-refractivity contribution in [3.05, 3.63) is 81.9 Å². The van der Waals surface area contributed by atoms with Gasteiger partial charge in [0.25, 0.3) is 11.4 Å². The predicted octanol–water partition coefficient (Wildman–Crippen LogP) is 3.39. The second-order valence-electron chi connectivity index (χ2n) is 6.17. The van der Waals surface area contributed by atoms with Crippen LogP contribution in [0.2, 0.25) is 5.02 Å². The minimum absolute atomic E-state index is 0.0505. The molecule has 0 spiro atoms. The van der Waals surface area contributed by atoms with Crippen LogP contribution < -0.4 is 10.9 Å². The van der Waals surface area contributed by atoms with Gasteiger partial charge in [0.2, 0.25) is 11.7 Å². The van der Waals surface area contributed by atoms with E-state index in [0.717, 1.165) is 4.68 Å². The van der Waals surface area contributed by atoms with Crippen molar-refractivity contribution >= 4 is 23.2 Å². The lowest BCUT2D eigenvalue weighted by molar-refractivity contribution is -0.117. The molecule has 2 aromatic carbocycles. The van der Waals surface area contributed by atoms with Crippen molar-refractivity contribution in [2.45, 2.75) is 6.54 Å². The van der Waals surface area contributed by atoms with E-state index in [1.165, 1.54) is 36.4 Å². The smallest absolute Gasteiger partial charge is 0.278 e. The molecule has 1 N–H and O–H groups in total. The van der Waals surface area contributed by atoms with Crippen molar-refractivity contribution in [2.24, 2.45) is 0 Å². The number of hydrogen-bond acceptors (Lipinski definition) is 6. The molecule has 0 aliphatic rings. The van der Waals surface area contributed by atoms with Gasteiger partial charge in [0.05, 0.1) is 10.7 Å². The molecule has 0 aliphatic heterocycles. The quantitative estimate of drug-likeness (QED) is 0.525. The Morgan fingerprint density at radius 3 is 2.63 bits per heavy atom. The number of rotatable bonds is 5. The molecule has 10 heteroatoms. The van der Waals surface area contributed by atoms with Gasteiger partial charge in [-0.25, -0.2) is 9.07 Å². The number of aromatic nitrogens is 4. The molecule has 0 saturated heterocycles. The Labute approximate surface area is 173 Å². The van der Waals surface area contributed by atoms with Crippen LogP contribution >= 0.6 is 11.6 Å². The van der Waals surface area contributed by atoms with Crippen LogP contribution in [0.15, 0.2) is 70.0 Å². The molecule has 2 aromatic heterocycles. The second-order valence-corrected chi connectivity index (χ2v) is 6.58. The Morgan fingerprint density at radius 1 is 1.10 bits per heavy atom. The Morgan fingerprint density at radius 2 is 1.87 bits per heavy atom. The van der Waals surface area contributed by atoms with Gasteiger partial charge < -0.3 is 9.84 Å². The standard InChI is InChI=1S/C20H13ClFN5O3/c21-14-3-1-2-4-15(14)23-17(28)11-27-18(29)10-9-16(25-27)20-24-19(26-30-20)12-5-7-13(22)8-6-12/h1-10H,11H2,(H,23,28). The van der Waals surface area contributed by atoms with Crippen LogP contribution in [0.1, 0.15) is 0 Å². The average Bonchev–Trinajstić information content (AvgIpc) is 3.22. The van der Waals surface area contributed by atoms with E-state index in [-0.39, 0.29) is 29.8 Å². The van der Waals surface area contributed by atoms with Gasteiger partial charge in [-0.15, -0.1) is 0 Å². The monoisotopic (exact) mass is 425 g/mol. The van der Waals surface area contributed by atoms with E-state index < -0.39 is 11.5 Å². The number of hydrogen-bond donors (Lipinski definition) is 1. The maximum atomic E-state index is 13.1. The number of carbonyl (C=O) groups is 1. The summed E-state index contributed by atoms with van der Waals surface area (Å²) in [4.78, 5) is 28.6. The molecule has 0 saturated carbocycles. The first-order valence-corrected chi connectivity index (χ1v) is 9.10. The van der Waals surface area contributed by atoms with Gasteiger partial charge in [-0.3, -0.25) is 9.59 Å². The molecular weight excluding hydrogens is 413 g/mol. The van der Waals surface area contributed by atoms with Crippen LogP contribution in [-0.2, 0) is 11.3 Å². The first-order chi connectivity index (χ1) is 14.5. The summed E-state index contributed by atoms with van der Waals surface area (Å²) in [5.41, 5.74) is 0.709. The van der Waals surface area contributed by atoms with Crippen molar-refractivity contribution in [1.29, 1.82) is 0 Å². The molecule has 0 unspecified atom stereocenters. The van der Waals surface area contributed by atoms with Gasteiger partial charge in [0, 0.05) is 11.6 Å². The zero-order chi connectivity index (χ0) is 21.1. The molecule has 2 heterocycles. The summed E-state index contributed by atoms with van der Waals surface area (Å²) in [5, 5.41) is 11.0. The third-order valence-electron chi connectivity index (χ3n) is 4.06. The van der Waals surface area contributed by atoms with E-state index in [4.69, 9.17) is 16.1 Å².